The Balaban J connectivity index is 2.94. The molecule has 1 aromatic carbocycles. The van der Waals surface area contributed by atoms with E-state index in [4.69, 9.17) is 0 Å². The van der Waals surface area contributed by atoms with E-state index in [1.165, 1.54) is 6.07 Å². The van der Waals surface area contributed by atoms with Gasteiger partial charge in [0.2, 0.25) is 0 Å². The van der Waals surface area contributed by atoms with E-state index >= 15 is 0 Å². The van der Waals surface area contributed by atoms with Gasteiger partial charge in [-0.05, 0) is 46.1 Å². The van der Waals surface area contributed by atoms with Crippen molar-refractivity contribution in [3.8, 4) is 5.75 Å². The summed E-state index contributed by atoms with van der Waals surface area (Å²) in [6.45, 7) is 3.62. The van der Waals surface area contributed by atoms with Crippen LogP contribution in [0.4, 0.5) is 5.69 Å². The SMILES string of the molecule is CCN(CCCN(C)C)C(=O)c1cc(O)ccc1[N+](=O)[O-]. The van der Waals surface area contributed by atoms with Crippen LogP contribution in [-0.4, -0.2) is 59.5 Å². The van der Waals surface area contributed by atoms with Crippen molar-refractivity contribution in [2.75, 3.05) is 33.7 Å². The number of phenolic OH excluding ortho intramolecular Hbond substituents is 1. The van der Waals surface area contributed by atoms with E-state index in [0.29, 0.717) is 13.1 Å². The fourth-order valence-corrected chi connectivity index (χ4v) is 2.01. The summed E-state index contributed by atoms with van der Waals surface area (Å²) >= 11 is 0. The van der Waals surface area contributed by atoms with Crippen LogP contribution in [0.2, 0.25) is 0 Å². The first kappa shape index (κ1) is 16.9. The Morgan fingerprint density at radius 2 is 2.00 bits per heavy atom. The van der Waals surface area contributed by atoms with Gasteiger partial charge >= 0.3 is 0 Å². The van der Waals surface area contributed by atoms with Gasteiger partial charge in [-0.25, -0.2) is 0 Å². The van der Waals surface area contributed by atoms with Crippen LogP contribution in [0.5, 0.6) is 5.75 Å². The number of amides is 1. The highest BCUT2D eigenvalue weighted by atomic mass is 16.6. The van der Waals surface area contributed by atoms with Crippen LogP contribution in [0.15, 0.2) is 18.2 Å². The summed E-state index contributed by atoms with van der Waals surface area (Å²) in [5.41, 5.74) is -0.365. The lowest BCUT2D eigenvalue weighted by molar-refractivity contribution is -0.385. The van der Waals surface area contributed by atoms with Crippen molar-refractivity contribution in [1.82, 2.24) is 9.80 Å². The van der Waals surface area contributed by atoms with Crippen molar-refractivity contribution in [3.05, 3.63) is 33.9 Å². The predicted molar refractivity (Wildman–Crippen MR) is 79.5 cm³/mol. The fourth-order valence-electron chi connectivity index (χ4n) is 2.01. The van der Waals surface area contributed by atoms with Crippen molar-refractivity contribution in [3.63, 3.8) is 0 Å². The lowest BCUT2D eigenvalue weighted by atomic mass is 10.1. The molecule has 1 amide bonds. The average molecular weight is 295 g/mol. The molecule has 7 heteroatoms. The molecule has 0 atom stereocenters. The molecule has 0 aliphatic carbocycles. The Morgan fingerprint density at radius 3 is 2.52 bits per heavy atom. The zero-order valence-corrected chi connectivity index (χ0v) is 12.6. The van der Waals surface area contributed by atoms with E-state index in [0.717, 1.165) is 25.1 Å². The standard InChI is InChI=1S/C14H21N3O4/c1-4-16(9-5-8-15(2)3)14(19)12-10-11(18)6-7-13(12)17(20)21/h6-7,10,18H,4-5,8-9H2,1-3H3. The van der Waals surface area contributed by atoms with Crippen LogP contribution < -0.4 is 0 Å². The van der Waals surface area contributed by atoms with Gasteiger partial charge in [-0.15, -0.1) is 0 Å². The highest BCUT2D eigenvalue weighted by Gasteiger charge is 2.24. The summed E-state index contributed by atoms with van der Waals surface area (Å²) < 4.78 is 0. The minimum absolute atomic E-state index is 0.0771. The number of hydrogen-bond donors (Lipinski definition) is 1. The van der Waals surface area contributed by atoms with Crippen LogP contribution in [0.25, 0.3) is 0 Å². The number of benzene rings is 1. The van der Waals surface area contributed by atoms with E-state index in [2.05, 4.69) is 0 Å². The predicted octanol–water partition coefficient (Wildman–Crippen LogP) is 1.71. The minimum Gasteiger partial charge on any atom is -0.508 e. The summed E-state index contributed by atoms with van der Waals surface area (Å²) in [4.78, 5) is 26.4. The molecule has 0 fully saturated rings. The van der Waals surface area contributed by atoms with Crippen LogP contribution in [-0.2, 0) is 0 Å². The molecular formula is C14H21N3O4. The van der Waals surface area contributed by atoms with Gasteiger partial charge in [0.25, 0.3) is 11.6 Å². The summed E-state index contributed by atoms with van der Waals surface area (Å²) in [5, 5.41) is 20.5. The number of phenols is 1. The fraction of sp³-hybridized carbons (Fsp3) is 0.500. The second-order valence-electron chi connectivity index (χ2n) is 5.00. The molecule has 0 saturated heterocycles. The number of aromatic hydroxyl groups is 1. The number of nitro groups is 1. The molecule has 21 heavy (non-hydrogen) atoms. The van der Waals surface area contributed by atoms with Gasteiger partial charge < -0.3 is 14.9 Å². The van der Waals surface area contributed by atoms with Gasteiger partial charge in [-0.3, -0.25) is 14.9 Å². The molecule has 0 spiro atoms. The monoisotopic (exact) mass is 295 g/mol. The van der Waals surface area contributed by atoms with Crippen molar-refractivity contribution in [1.29, 1.82) is 0 Å². The van der Waals surface area contributed by atoms with Crippen LogP contribution in [0.3, 0.4) is 0 Å². The van der Waals surface area contributed by atoms with E-state index in [1.54, 1.807) is 4.90 Å². The zero-order valence-electron chi connectivity index (χ0n) is 12.6. The van der Waals surface area contributed by atoms with E-state index in [1.807, 2.05) is 25.9 Å². The van der Waals surface area contributed by atoms with Gasteiger partial charge in [0.15, 0.2) is 0 Å². The van der Waals surface area contributed by atoms with Crippen molar-refractivity contribution < 1.29 is 14.8 Å². The second-order valence-corrected chi connectivity index (χ2v) is 5.00. The Hall–Kier alpha value is -2.15. The molecule has 0 aliphatic rings. The first-order valence-corrected chi connectivity index (χ1v) is 6.78. The Morgan fingerprint density at radius 1 is 1.33 bits per heavy atom. The molecule has 0 radical (unpaired) electrons. The van der Waals surface area contributed by atoms with Crippen LogP contribution in [0, 0.1) is 10.1 Å². The highest BCUT2D eigenvalue weighted by molar-refractivity contribution is 5.98. The molecule has 0 aromatic heterocycles. The lowest BCUT2D eigenvalue weighted by Crippen LogP contribution is -2.33. The van der Waals surface area contributed by atoms with Crippen LogP contribution >= 0.6 is 0 Å². The number of carbonyl (C=O) groups excluding carboxylic acids is 1. The average Bonchev–Trinajstić information content (AvgIpc) is 2.42. The van der Waals surface area contributed by atoms with Gasteiger partial charge in [0, 0.05) is 19.2 Å². The Labute approximate surface area is 123 Å². The first-order valence-electron chi connectivity index (χ1n) is 6.78. The third kappa shape index (κ3) is 4.71. The minimum atomic E-state index is -0.611. The van der Waals surface area contributed by atoms with Crippen molar-refractivity contribution in [2.45, 2.75) is 13.3 Å². The molecule has 1 N–H and O–H groups in total. The summed E-state index contributed by atoms with van der Waals surface area (Å²) in [5.74, 6) is -0.591. The summed E-state index contributed by atoms with van der Waals surface area (Å²) in [6, 6.07) is 3.50. The number of rotatable bonds is 7. The van der Waals surface area contributed by atoms with Gasteiger partial charge in [0.1, 0.15) is 11.3 Å². The second kappa shape index (κ2) is 7.58. The third-order valence-electron chi connectivity index (χ3n) is 3.11. The van der Waals surface area contributed by atoms with Crippen molar-refractivity contribution >= 4 is 11.6 Å². The van der Waals surface area contributed by atoms with Crippen molar-refractivity contribution in [2.24, 2.45) is 0 Å². The first-order chi connectivity index (χ1) is 9.86. The van der Waals surface area contributed by atoms with Gasteiger partial charge in [-0.2, -0.15) is 0 Å². The molecule has 0 saturated carbocycles. The molecule has 0 bridgehead atoms. The smallest absolute Gasteiger partial charge is 0.282 e. The third-order valence-corrected chi connectivity index (χ3v) is 3.11. The maximum absolute atomic E-state index is 12.4. The van der Waals surface area contributed by atoms with E-state index in [9.17, 15) is 20.0 Å². The largest absolute Gasteiger partial charge is 0.508 e. The summed E-state index contributed by atoms with van der Waals surface area (Å²) in [7, 11) is 3.89. The van der Waals surface area contributed by atoms with Crippen LogP contribution in [0.1, 0.15) is 23.7 Å². The number of hydrogen-bond acceptors (Lipinski definition) is 5. The molecule has 0 unspecified atom stereocenters. The quantitative estimate of drug-likeness (QED) is 0.611. The lowest BCUT2D eigenvalue weighted by Gasteiger charge is -2.22. The Bertz CT molecular complexity index is 517. The number of nitro benzene ring substituents is 1. The van der Waals surface area contributed by atoms with Gasteiger partial charge in [0.05, 0.1) is 4.92 Å². The zero-order chi connectivity index (χ0) is 16.0. The molecule has 1 rings (SSSR count). The molecule has 0 heterocycles. The van der Waals surface area contributed by atoms with E-state index < -0.39 is 10.8 Å². The number of carbonyl (C=O) groups is 1. The number of nitrogens with zero attached hydrogens (tertiary/aromatic N) is 3. The maximum atomic E-state index is 12.4. The molecule has 7 nitrogen and oxygen atoms in total. The maximum Gasteiger partial charge on any atom is 0.282 e. The van der Waals surface area contributed by atoms with Gasteiger partial charge in [-0.1, -0.05) is 0 Å². The van der Waals surface area contributed by atoms with E-state index in [-0.39, 0.29) is 17.0 Å². The topological polar surface area (TPSA) is 86.9 Å². The molecule has 116 valence electrons. The molecule has 1 aromatic rings. The Kier molecular flexibility index (Phi) is 6.10. The molecule has 0 aliphatic heterocycles. The highest BCUT2D eigenvalue weighted by Crippen LogP contribution is 2.24. The molecular weight excluding hydrogens is 274 g/mol. The summed E-state index contributed by atoms with van der Waals surface area (Å²) in [6.07, 6.45) is 0.777. The normalized spacial score (nSPS) is 10.7.